The quantitative estimate of drug-likeness (QED) is 0.452. The van der Waals surface area contributed by atoms with E-state index in [-0.39, 0.29) is 23.1 Å². The maximum atomic E-state index is 13.3. The van der Waals surface area contributed by atoms with Gasteiger partial charge in [0.2, 0.25) is 5.91 Å². The van der Waals surface area contributed by atoms with Crippen molar-refractivity contribution >= 4 is 32.3 Å². The van der Waals surface area contributed by atoms with Crippen molar-refractivity contribution < 1.29 is 13.2 Å². The Balaban J connectivity index is 1.49. The highest BCUT2D eigenvalue weighted by atomic mass is 32.2. The molecule has 1 aromatic heterocycles. The Morgan fingerprint density at radius 3 is 2.44 bits per heavy atom. The number of fused-ring (bicyclic) bond motifs is 2. The zero-order valence-electron chi connectivity index (χ0n) is 17.6. The first kappa shape index (κ1) is 20.5. The molecule has 5 nitrogen and oxygen atoms in total. The standard InChI is InChI=1S/C26H24N2O3S/c29-26(28-16-8-12-21-11-4-6-14-23(21)28)18-27-17-25(22-13-5-7-15-24(22)27)32(30,31)19-20-9-2-1-3-10-20/h1-7,9-11,13-15,17H,8,12,16,18-19H2. The lowest BCUT2D eigenvalue weighted by molar-refractivity contribution is -0.119. The van der Waals surface area contributed by atoms with Crippen LogP contribution in [-0.4, -0.2) is 25.4 Å². The highest BCUT2D eigenvalue weighted by Crippen LogP contribution is 2.30. The molecule has 1 aliphatic heterocycles. The molecule has 3 aromatic carbocycles. The highest BCUT2D eigenvalue weighted by Gasteiger charge is 2.25. The molecule has 1 amide bonds. The Morgan fingerprint density at radius 1 is 0.875 bits per heavy atom. The first-order valence-corrected chi connectivity index (χ1v) is 12.4. The maximum Gasteiger partial charge on any atom is 0.246 e. The highest BCUT2D eigenvalue weighted by molar-refractivity contribution is 7.90. The Bertz CT molecular complexity index is 1390. The van der Waals surface area contributed by atoms with Gasteiger partial charge < -0.3 is 9.47 Å². The fraction of sp³-hybridized carbons (Fsp3) is 0.192. The van der Waals surface area contributed by atoms with Crippen LogP contribution in [-0.2, 0) is 33.4 Å². The van der Waals surface area contributed by atoms with E-state index >= 15 is 0 Å². The second-order valence-corrected chi connectivity index (χ2v) is 10.1. The number of hydrogen-bond donors (Lipinski definition) is 0. The van der Waals surface area contributed by atoms with Gasteiger partial charge in [-0.05, 0) is 36.1 Å². The molecule has 6 heteroatoms. The Labute approximate surface area is 187 Å². The summed E-state index contributed by atoms with van der Waals surface area (Å²) in [6, 6.07) is 24.5. The van der Waals surface area contributed by atoms with E-state index in [4.69, 9.17) is 0 Å². The SMILES string of the molecule is O=C(Cn1cc(S(=O)(=O)Cc2ccccc2)c2ccccc21)N1CCCc2ccccc21. The number of sulfone groups is 1. The lowest BCUT2D eigenvalue weighted by atomic mass is 10.0. The van der Waals surface area contributed by atoms with Crippen LogP contribution in [0.3, 0.4) is 0 Å². The summed E-state index contributed by atoms with van der Waals surface area (Å²) in [5, 5.41) is 0.648. The fourth-order valence-corrected chi connectivity index (χ4v) is 6.07. The van der Waals surface area contributed by atoms with Gasteiger partial charge >= 0.3 is 0 Å². The normalized spacial score (nSPS) is 13.8. The van der Waals surface area contributed by atoms with E-state index in [1.165, 1.54) is 5.56 Å². The molecule has 0 atom stereocenters. The van der Waals surface area contributed by atoms with E-state index in [2.05, 4.69) is 6.07 Å². The third-order valence-corrected chi connectivity index (χ3v) is 7.71. The molecule has 0 saturated heterocycles. The molecule has 0 fully saturated rings. The molecule has 0 bridgehead atoms. The third-order valence-electron chi connectivity index (χ3n) is 6.00. The van der Waals surface area contributed by atoms with Crippen molar-refractivity contribution in [3.8, 4) is 0 Å². The first-order valence-electron chi connectivity index (χ1n) is 10.8. The van der Waals surface area contributed by atoms with Gasteiger partial charge in [0, 0.05) is 29.3 Å². The van der Waals surface area contributed by atoms with E-state index in [9.17, 15) is 13.2 Å². The Morgan fingerprint density at radius 2 is 1.59 bits per heavy atom. The Kier molecular flexibility index (Phi) is 5.31. The minimum absolute atomic E-state index is 0.0371. The van der Waals surface area contributed by atoms with E-state index < -0.39 is 9.84 Å². The van der Waals surface area contributed by atoms with Crippen LogP contribution in [0, 0.1) is 0 Å². The molecule has 32 heavy (non-hydrogen) atoms. The third kappa shape index (κ3) is 3.82. The van der Waals surface area contributed by atoms with Gasteiger partial charge in [-0.15, -0.1) is 0 Å². The fourth-order valence-electron chi connectivity index (χ4n) is 4.49. The van der Waals surface area contributed by atoms with Crippen molar-refractivity contribution in [2.45, 2.75) is 30.0 Å². The van der Waals surface area contributed by atoms with Crippen molar-refractivity contribution in [1.29, 1.82) is 0 Å². The molecule has 1 aliphatic rings. The van der Waals surface area contributed by atoms with Crippen molar-refractivity contribution in [3.63, 3.8) is 0 Å². The average molecular weight is 445 g/mol. The van der Waals surface area contributed by atoms with Crippen LogP contribution in [0.5, 0.6) is 0 Å². The average Bonchev–Trinajstić information content (AvgIpc) is 3.18. The summed E-state index contributed by atoms with van der Waals surface area (Å²) in [7, 11) is -3.57. The molecule has 0 aliphatic carbocycles. The van der Waals surface area contributed by atoms with Crippen molar-refractivity contribution in [2.24, 2.45) is 0 Å². The molecule has 0 radical (unpaired) electrons. The van der Waals surface area contributed by atoms with Gasteiger partial charge in [0.05, 0.1) is 10.6 Å². The number of amides is 1. The van der Waals surface area contributed by atoms with E-state index in [0.29, 0.717) is 11.9 Å². The van der Waals surface area contributed by atoms with Crippen LogP contribution in [0.1, 0.15) is 17.5 Å². The molecule has 4 aromatic rings. The number of nitrogens with zero attached hydrogens (tertiary/aromatic N) is 2. The second kappa shape index (κ2) is 8.28. The topological polar surface area (TPSA) is 59.4 Å². The van der Waals surface area contributed by atoms with Gasteiger partial charge in [0.25, 0.3) is 0 Å². The molecular formula is C26H24N2O3S. The summed E-state index contributed by atoms with van der Waals surface area (Å²) < 4.78 is 28.3. The van der Waals surface area contributed by atoms with Crippen LogP contribution in [0.15, 0.2) is 90.0 Å². The molecular weight excluding hydrogens is 420 g/mol. The number of para-hydroxylation sites is 2. The minimum Gasteiger partial charge on any atom is -0.337 e. The van der Waals surface area contributed by atoms with Crippen molar-refractivity contribution in [1.82, 2.24) is 4.57 Å². The van der Waals surface area contributed by atoms with Gasteiger partial charge in [0.15, 0.2) is 9.84 Å². The molecule has 0 N–H and O–H groups in total. The van der Waals surface area contributed by atoms with Gasteiger partial charge in [-0.3, -0.25) is 4.79 Å². The summed E-state index contributed by atoms with van der Waals surface area (Å²) in [5.74, 6) is -0.111. The predicted octanol–water partition coefficient (Wildman–Crippen LogP) is 4.59. The summed E-state index contributed by atoms with van der Waals surface area (Å²) in [4.78, 5) is 15.4. The lowest BCUT2D eigenvalue weighted by Gasteiger charge is -2.29. The molecule has 0 spiro atoms. The number of hydrogen-bond acceptors (Lipinski definition) is 3. The smallest absolute Gasteiger partial charge is 0.246 e. The summed E-state index contributed by atoms with van der Waals surface area (Å²) >= 11 is 0. The largest absolute Gasteiger partial charge is 0.337 e. The molecule has 162 valence electrons. The van der Waals surface area contributed by atoms with Crippen LogP contribution >= 0.6 is 0 Å². The van der Waals surface area contributed by atoms with Gasteiger partial charge in [-0.25, -0.2) is 8.42 Å². The predicted molar refractivity (Wildman–Crippen MR) is 126 cm³/mol. The van der Waals surface area contributed by atoms with E-state index in [0.717, 1.165) is 29.6 Å². The maximum absolute atomic E-state index is 13.3. The summed E-state index contributed by atoms with van der Waals surface area (Å²) in [6.45, 7) is 0.768. The number of rotatable bonds is 5. The van der Waals surface area contributed by atoms with E-state index in [1.807, 2.05) is 77.7 Å². The number of carbonyl (C=O) groups excluding carboxylic acids is 1. The second-order valence-electron chi connectivity index (χ2n) is 8.16. The summed E-state index contributed by atoms with van der Waals surface area (Å²) in [6.07, 6.45) is 3.51. The first-order chi connectivity index (χ1) is 15.5. The van der Waals surface area contributed by atoms with Crippen LogP contribution in [0.4, 0.5) is 5.69 Å². The molecule has 0 unspecified atom stereocenters. The molecule has 0 saturated carbocycles. The van der Waals surface area contributed by atoms with Gasteiger partial charge in [-0.1, -0.05) is 66.7 Å². The summed E-state index contributed by atoms with van der Waals surface area (Å²) in [5.41, 5.74) is 3.62. The zero-order valence-corrected chi connectivity index (χ0v) is 18.5. The number of benzene rings is 3. The van der Waals surface area contributed by atoms with Gasteiger partial charge in [-0.2, -0.15) is 0 Å². The minimum atomic E-state index is -3.57. The zero-order chi connectivity index (χ0) is 22.1. The number of anilines is 1. The van der Waals surface area contributed by atoms with Crippen LogP contribution in [0.2, 0.25) is 0 Å². The van der Waals surface area contributed by atoms with Gasteiger partial charge in [0.1, 0.15) is 6.54 Å². The number of aryl methyl sites for hydroxylation is 1. The van der Waals surface area contributed by atoms with Crippen LogP contribution < -0.4 is 4.90 Å². The number of carbonyl (C=O) groups is 1. The monoisotopic (exact) mass is 444 g/mol. The molecule has 2 heterocycles. The molecule has 5 rings (SSSR count). The van der Waals surface area contributed by atoms with E-state index in [1.54, 1.807) is 10.8 Å². The van der Waals surface area contributed by atoms with Crippen molar-refractivity contribution in [2.75, 3.05) is 11.4 Å². The lowest BCUT2D eigenvalue weighted by Crippen LogP contribution is -2.37. The number of aromatic nitrogens is 1. The van der Waals surface area contributed by atoms with Crippen LogP contribution in [0.25, 0.3) is 10.9 Å². The Hall–Kier alpha value is -3.38. The van der Waals surface area contributed by atoms with Crippen molar-refractivity contribution in [3.05, 3.63) is 96.2 Å².